The van der Waals surface area contributed by atoms with E-state index in [1.165, 1.54) is 4.88 Å². The van der Waals surface area contributed by atoms with Crippen LogP contribution in [-0.2, 0) is 16.8 Å². The van der Waals surface area contributed by atoms with Gasteiger partial charge in [-0.15, -0.1) is 11.3 Å². The highest BCUT2D eigenvalue weighted by molar-refractivity contribution is 7.10. The number of hydrogen-bond donors (Lipinski definition) is 0. The summed E-state index contributed by atoms with van der Waals surface area (Å²) in [4.78, 5) is 21.7. The molecule has 0 unspecified atom stereocenters. The first kappa shape index (κ1) is 16.1. The van der Waals surface area contributed by atoms with Crippen LogP contribution in [0.3, 0.4) is 0 Å². The summed E-state index contributed by atoms with van der Waals surface area (Å²) in [5.41, 5.74) is 1.75. The molecule has 26 heavy (non-hydrogen) atoms. The quantitative estimate of drug-likeness (QED) is 0.672. The average molecular weight is 366 g/mol. The summed E-state index contributed by atoms with van der Waals surface area (Å²) in [6.07, 6.45) is 10.5. The first-order valence-electron chi connectivity index (χ1n) is 9.54. The van der Waals surface area contributed by atoms with Crippen molar-refractivity contribution in [1.29, 1.82) is 0 Å². The van der Waals surface area contributed by atoms with Gasteiger partial charge in [0.05, 0.1) is 23.9 Å². The second kappa shape index (κ2) is 6.23. The maximum Gasteiger partial charge on any atom is 0.234 e. The van der Waals surface area contributed by atoms with E-state index in [1.54, 1.807) is 11.3 Å². The fourth-order valence-electron chi connectivity index (χ4n) is 4.40. The smallest absolute Gasteiger partial charge is 0.234 e. The average Bonchev–Trinajstić information content (AvgIpc) is 3.11. The Hall–Kier alpha value is -2.14. The van der Waals surface area contributed by atoms with Crippen molar-refractivity contribution in [3.63, 3.8) is 0 Å². The number of hydrogen-bond acceptors (Lipinski definition) is 3. The van der Waals surface area contributed by atoms with Crippen LogP contribution in [0.1, 0.15) is 49.1 Å². The molecule has 2 saturated carbocycles. The highest BCUT2D eigenvalue weighted by Gasteiger charge is 2.48. The van der Waals surface area contributed by atoms with Crippen molar-refractivity contribution in [2.24, 2.45) is 0 Å². The number of amides is 1. The van der Waals surface area contributed by atoms with E-state index in [-0.39, 0.29) is 5.41 Å². The lowest BCUT2D eigenvalue weighted by atomic mass is 9.82. The van der Waals surface area contributed by atoms with Gasteiger partial charge in [-0.2, -0.15) is 0 Å². The standard InChI is InChI=1S/C21H23N3OS/c25-20(21(10-2-3-11-21)18-6-5-13-26-18)24(16-8-9-16)15-17-14-22-19-7-1-4-12-23(17)19/h1,4-7,12-14,16H,2-3,8-11,15H2. The molecule has 4 nitrogen and oxygen atoms in total. The Morgan fingerprint density at radius 3 is 2.81 bits per heavy atom. The molecular weight excluding hydrogens is 342 g/mol. The van der Waals surface area contributed by atoms with E-state index in [4.69, 9.17) is 0 Å². The molecule has 2 fully saturated rings. The summed E-state index contributed by atoms with van der Waals surface area (Å²) < 4.78 is 2.11. The minimum Gasteiger partial charge on any atom is -0.333 e. The topological polar surface area (TPSA) is 37.6 Å². The van der Waals surface area contributed by atoms with Crippen LogP contribution in [0.5, 0.6) is 0 Å². The highest BCUT2D eigenvalue weighted by atomic mass is 32.1. The van der Waals surface area contributed by atoms with Gasteiger partial charge in [-0.1, -0.05) is 25.0 Å². The molecule has 0 bridgehead atoms. The number of pyridine rings is 1. The summed E-state index contributed by atoms with van der Waals surface area (Å²) in [6.45, 7) is 0.655. The zero-order valence-electron chi connectivity index (χ0n) is 14.8. The normalized spacial score (nSPS) is 19.1. The number of thiophene rings is 1. The third-order valence-corrected chi connectivity index (χ3v) is 7.01. The summed E-state index contributed by atoms with van der Waals surface area (Å²) >= 11 is 1.74. The molecule has 0 atom stereocenters. The third-order valence-electron chi connectivity index (χ3n) is 5.93. The van der Waals surface area contributed by atoms with E-state index in [0.29, 0.717) is 18.5 Å². The number of nitrogens with zero attached hydrogens (tertiary/aromatic N) is 3. The van der Waals surface area contributed by atoms with Crippen LogP contribution in [0.15, 0.2) is 48.1 Å². The van der Waals surface area contributed by atoms with Gasteiger partial charge in [0, 0.05) is 17.1 Å². The Balaban J connectivity index is 1.50. The van der Waals surface area contributed by atoms with Gasteiger partial charge in [-0.25, -0.2) is 4.98 Å². The van der Waals surface area contributed by atoms with Crippen LogP contribution in [-0.4, -0.2) is 26.2 Å². The number of carbonyl (C=O) groups excluding carboxylic acids is 1. The van der Waals surface area contributed by atoms with Crippen LogP contribution in [0.2, 0.25) is 0 Å². The minimum atomic E-state index is -0.294. The molecule has 3 aromatic heterocycles. The number of carbonyl (C=O) groups is 1. The summed E-state index contributed by atoms with van der Waals surface area (Å²) in [6, 6.07) is 10.7. The predicted molar refractivity (Wildman–Crippen MR) is 103 cm³/mol. The molecule has 0 saturated heterocycles. The van der Waals surface area contributed by atoms with Crippen molar-refractivity contribution < 1.29 is 4.79 Å². The molecule has 0 aromatic carbocycles. The molecule has 2 aliphatic rings. The Kier molecular flexibility index (Phi) is 3.85. The Bertz CT molecular complexity index is 920. The van der Waals surface area contributed by atoms with E-state index < -0.39 is 0 Å². The largest absolute Gasteiger partial charge is 0.333 e. The molecule has 0 radical (unpaired) electrons. The maximum absolute atomic E-state index is 13.8. The molecule has 3 aromatic rings. The Morgan fingerprint density at radius 1 is 1.23 bits per heavy atom. The fourth-order valence-corrected chi connectivity index (χ4v) is 5.38. The molecule has 5 heteroatoms. The van der Waals surface area contributed by atoms with Crippen LogP contribution in [0, 0.1) is 0 Å². The lowest BCUT2D eigenvalue weighted by molar-refractivity contribution is -0.138. The molecule has 3 heterocycles. The highest BCUT2D eigenvalue weighted by Crippen LogP contribution is 2.46. The van der Waals surface area contributed by atoms with Crippen molar-refractivity contribution >= 4 is 22.9 Å². The molecule has 2 aliphatic carbocycles. The SMILES string of the molecule is O=C(N(Cc1cnc2ccccn12)C1CC1)C1(c2cccs2)CCCC1. The second-order valence-electron chi connectivity index (χ2n) is 7.61. The number of rotatable bonds is 5. The van der Waals surface area contributed by atoms with E-state index >= 15 is 0 Å². The van der Waals surface area contributed by atoms with Crippen LogP contribution in [0.4, 0.5) is 0 Å². The minimum absolute atomic E-state index is 0.294. The van der Waals surface area contributed by atoms with Gasteiger partial charge in [0.1, 0.15) is 5.65 Å². The van der Waals surface area contributed by atoms with Crippen molar-refractivity contribution in [2.45, 2.75) is 56.5 Å². The van der Waals surface area contributed by atoms with Crippen LogP contribution < -0.4 is 0 Å². The fraction of sp³-hybridized carbons (Fsp3) is 0.429. The second-order valence-corrected chi connectivity index (χ2v) is 8.56. The van der Waals surface area contributed by atoms with E-state index in [1.807, 2.05) is 30.6 Å². The molecule has 1 amide bonds. The van der Waals surface area contributed by atoms with Gasteiger partial charge in [0.2, 0.25) is 5.91 Å². The molecule has 134 valence electrons. The molecule has 5 rings (SSSR count). The number of aromatic nitrogens is 2. The van der Waals surface area contributed by atoms with Gasteiger partial charge in [-0.3, -0.25) is 4.79 Å². The zero-order valence-corrected chi connectivity index (χ0v) is 15.6. The van der Waals surface area contributed by atoms with Crippen LogP contribution >= 0.6 is 11.3 Å². The van der Waals surface area contributed by atoms with Gasteiger partial charge in [-0.05, 0) is 49.3 Å². The van der Waals surface area contributed by atoms with Crippen molar-refractivity contribution in [3.05, 3.63) is 58.7 Å². The molecule has 0 aliphatic heterocycles. The van der Waals surface area contributed by atoms with Crippen molar-refractivity contribution in [2.75, 3.05) is 0 Å². The molecular formula is C21H23N3OS. The van der Waals surface area contributed by atoms with E-state index in [0.717, 1.165) is 49.9 Å². The van der Waals surface area contributed by atoms with Gasteiger partial charge < -0.3 is 9.30 Å². The van der Waals surface area contributed by atoms with Gasteiger partial charge in [0.25, 0.3) is 0 Å². The van der Waals surface area contributed by atoms with Crippen molar-refractivity contribution in [3.8, 4) is 0 Å². The van der Waals surface area contributed by atoms with Crippen molar-refractivity contribution in [1.82, 2.24) is 14.3 Å². The third kappa shape index (κ3) is 2.57. The lowest BCUT2D eigenvalue weighted by Crippen LogP contribution is -2.46. The lowest BCUT2D eigenvalue weighted by Gasteiger charge is -2.34. The number of fused-ring (bicyclic) bond motifs is 1. The summed E-state index contributed by atoms with van der Waals surface area (Å²) in [7, 11) is 0. The van der Waals surface area contributed by atoms with E-state index in [2.05, 4.69) is 31.8 Å². The zero-order chi connectivity index (χ0) is 17.6. The molecule has 0 N–H and O–H groups in total. The first-order valence-corrected chi connectivity index (χ1v) is 10.4. The Labute approximate surface area is 157 Å². The monoisotopic (exact) mass is 365 g/mol. The summed E-state index contributed by atoms with van der Waals surface area (Å²) in [5, 5.41) is 2.11. The van der Waals surface area contributed by atoms with Gasteiger partial charge >= 0.3 is 0 Å². The summed E-state index contributed by atoms with van der Waals surface area (Å²) in [5.74, 6) is 0.339. The van der Waals surface area contributed by atoms with Crippen LogP contribution in [0.25, 0.3) is 5.65 Å². The van der Waals surface area contributed by atoms with E-state index in [9.17, 15) is 4.79 Å². The Morgan fingerprint density at radius 2 is 2.08 bits per heavy atom. The van der Waals surface area contributed by atoms with Gasteiger partial charge in [0.15, 0.2) is 0 Å². The molecule has 0 spiro atoms. The predicted octanol–water partition coefficient (Wildman–Crippen LogP) is 4.40. The first-order chi connectivity index (χ1) is 12.8. The number of imidazole rings is 1. The maximum atomic E-state index is 13.8.